The van der Waals surface area contributed by atoms with Gasteiger partial charge >= 0.3 is 0 Å². The molecule has 3 rings (SSSR count). The molecular weight excluding hydrogens is 250 g/mol. The van der Waals surface area contributed by atoms with Crippen molar-refractivity contribution < 1.29 is 0 Å². The first kappa shape index (κ1) is 13.1. The highest BCUT2D eigenvalue weighted by Gasteiger charge is 2.46. The summed E-state index contributed by atoms with van der Waals surface area (Å²) >= 11 is 0. The van der Waals surface area contributed by atoms with Gasteiger partial charge in [-0.3, -0.25) is 0 Å². The number of hydrogen-bond acceptors (Lipinski definition) is 4. The molecule has 1 aliphatic rings. The summed E-state index contributed by atoms with van der Waals surface area (Å²) in [6.07, 6.45) is 2.54. The van der Waals surface area contributed by atoms with Crippen LogP contribution in [0.25, 0.3) is 11.4 Å². The monoisotopic (exact) mass is 271 g/mol. The van der Waals surface area contributed by atoms with Gasteiger partial charge in [-0.05, 0) is 65.3 Å². The molecule has 0 unspecified atom stereocenters. The van der Waals surface area contributed by atoms with Crippen molar-refractivity contribution in [3.8, 4) is 11.4 Å². The summed E-state index contributed by atoms with van der Waals surface area (Å²) in [5.74, 6) is 1.49. The summed E-state index contributed by atoms with van der Waals surface area (Å²) in [6, 6.07) is 5.95. The van der Waals surface area contributed by atoms with Crippen LogP contribution in [0.3, 0.4) is 0 Å². The van der Waals surface area contributed by atoms with Gasteiger partial charge in [0.1, 0.15) is 0 Å². The molecule has 20 heavy (non-hydrogen) atoms. The van der Waals surface area contributed by atoms with Crippen molar-refractivity contribution in [3.05, 3.63) is 23.8 Å². The standard InChI is InChI=1S/C15H21N5/c1-10(2)15(6-7-15)9-20-14(17-18-19-20)12-4-5-13(16)11(3)8-12/h4-5,8,10H,6-7,9,16H2,1-3H3. The van der Waals surface area contributed by atoms with Crippen LogP contribution in [0.4, 0.5) is 5.69 Å². The Morgan fingerprint density at radius 3 is 2.70 bits per heavy atom. The van der Waals surface area contributed by atoms with E-state index in [-0.39, 0.29) is 0 Å². The average Bonchev–Trinajstić information content (AvgIpc) is 3.05. The Bertz CT molecular complexity index is 625. The van der Waals surface area contributed by atoms with Crippen LogP contribution < -0.4 is 5.73 Å². The van der Waals surface area contributed by atoms with Gasteiger partial charge in [0.15, 0.2) is 5.82 Å². The molecule has 5 heteroatoms. The second-order valence-electron chi connectivity index (χ2n) is 6.25. The minimum Gasteiger partial charge on any atom is -0.399 e. The summed E-state index contributed by atoms with van der Waals surface area (Å²) in [5.41, 5.74) is 9.14. The molecule has 1 aromatic carbocycles. The van der Waals surface area contributed by atoms with Gasteiger partial charge in [-0.1, -0.05) is 13.8 Å². The molecule has 0 radical (unpaired) electrons. The number of tetrazole rings is 1. The smallest absolute Gasteiger partial charge is 0.182 e. The SMILES string of the molecule is Cc1cc(-c2nnnn2CC2(C(C)C)CC2)ccc1N. The van der Waals surface area contributed by atoms with Gasteiger partial charge in [-0.2, -0.15) is 0 Å². The fourth-order valence-electron chi connectivity index (χ4n) is 2.71. The van der Waals surface area contributed by atoms with E-state index in [2.05, 4.69) is 29.4 Å². The molecule has 2 aromatic rings. The summed E-state index contributed by atoms with van der Waals surface area (Å²) in [5, 5.41) is 12.2. The number of nitrogens with two attached hydrogens (primary N) is 1. The average molecular weight is 271 g/mol. The molecule has 2 N–H and O–H groups in total. The maximum Gasteiger partial charge on any atom is 0.182 e. The zero-order valence-corrected chi connectivity index (χ0v) is 12.3. The second-order valence-corrected chi connectivity index (χ2v) is 6.25. The van der Waals surface area contributed by atoms with Gasteiger partial charge < -0.3 is 5.73 Å². The summed E-state index contributed by atoms with van der Waals surface area (Å²) < 4.78 is 1.94. The van der Waals surface area contributed by atoms with E-state index < -0.39 is 0 Å². The van der Waals surface area contributed by atoms with E-state index in [9.17, 15) is 0 Å². The van der Waals surface area contributed by atoms with Gasteiger partial charge in [0.05, 0.1) is 6.54 Å². The highest BCUT2D eigenvalue weighted by molar-refractivity contribution is 5.61. The van der Waals surface area contributed by atoms with Crippen molar-refractivity contribution in [2.75, 3.05) is 5.73 Å². The Morgan fingerprint density at radius 2 is 2.10 bits per heavy atom. The Hall–Kier alpha value is -1.91. The Morgan fingerprint density at radius 1 is 1.35 bits per heavy atom. The number of rotatable bonds is 4. The Balaban J connectivity index is 1.92. The number of nitrogen functional groups attached to an aromatic ring is 1. The van der Waals surface area contributed by atoms with E-state index in [1.54, 1.807) is 0 Å². The molecule has 0 aliphatic heterocycles. The van der Waals surface area contributed by atoms with Crippen LogP contribution in [0.5, 0.6) is 0 Å². The van der Waals surface area contributed by atoms with Crippen molar-refractivity contribution in [2.24, 2.45) is 11.3 Å². The first-order valence-corrected chi connectivity index (χ1v) is 7.14. The third-order valence-electron chi connectivity index (χ3n) is 4.64. The third kappa shape index (κ3) is 2.17. The van der Waals surface area contributed by atoms with Gasteiger partial charge in [-0.25, -0.2) is 4.68 Å². The minimum absolute atomic E-state index is 0.382. The van der Waals surface area contributed by atoms with Crippen molar-refractivity contribution in [2.45, 2.75) is 40.2 Å². The van der Waals surface area contributed by atoms with Gasteiger partial charge in [0.2, 0.25) is 0 Å². The summed E-state index contributed by atoms with van der Waals surface area (Å²) in [6.45, 7) is 7.47. The molecule has 106 valence electrons. The molecule has 1 fully saturated rings. The first-order chi connectivity index (χ1) is 9.52. The molecule has 0 bridgehead atoms. The van der Waals surface area contributed by atoms with Crippen LogP contribution in [0.2, 0.25) is 0 Å². The van der Waals surface area contributed by atoms with Crippen LogP contribution in [-0.4, -0.2) is 20.2 Å². The maximum absolute atomic E-state index is 5.87. The first-order valence-electron chi connectivity index (χ1n) is 7.14. The predicted octanol–water partition coefficient (Wildman–Crippen LogP) is 2.67. The molecule has 1 aromatic heterocycles. The van der Waals surface area contributed by atoms with E-state index in [4.69, 9.17) is 5.73 Å². The number of nitrogens with zero attached hydrogens (tertiary/aromatic N) is 4. The highest BCUT2D eigenvalue weighted by atomic mass is 15.5. The van der Waals surface area contributed by atoms with Crippen molar-refractivity contribution >= 4 is 5.69 Å². The van der Waals surface area contributed by atoms with Crippen LogP contribution in [0.1, 0.15) is 32.3 Å². The Kier molecular flexibility index (Phi) is 3.00. The lowest BCUT2D eigenvalue weighted by Gasteiger charge is -2.19. The molecule has 0 atom stereocenters. The number of hydrogen-bond donors (Lipinski definition) is 1. The molecule has 0 saturated heterocycles. The fraction of sp³-hybridized carbons (Fsp3) is 0.533. The van der Waals surface area contributed by atoms with Crippen molar-refractivity contribution in [1.29, 1.82) is 0 Å². The lowest BCUT2D eigenvalue weighted by Crippen LogP contribution is -2.19. The fourth-order valence-corrected chi connectivity index (χ4v) is 2.71. The summed E-state index contributed by atoms with van der Waals surface area (Å²) in [7, 11) is 0. The van der Waals surface area contributed by atoms with Crippen molar-refractivity contribution in [3.63, 3.8) is 0 Å². The zero-order valence-electron chi connectivity index (χ0n) is 12.3. The predicted molar refractivity (Wildman–Crippen MR) is 78.9 cm³/mol. The minimum atomic E-state index is 0.382. The topological polar surface area (TPSA) is 69.6 Å². The largest absolute Gasteiger partial charge is 0.399 e. The molecular formula is C15H21N5. The van der Waals surface area contributed by atoms with E-state index in [0.717, 1.165) is 29.2 Å². The Labute approximate surface area is 119 Å². The molecule has 0 amide bonds. The van der Waals surface area contributed by atoms with E-state index in [0.29, 0.717) is 11.3 Å². The van der Waals surface area contributed by atoms with E-state index in [1.165, 1.54) is 12.8 Å². The summed E-state index contributed by atoms with van der Waals surface area (Å²) in [4.78, 5) is 0. The second kappa shape index (κ2) is 4.58. The van der Waals surface area contributed by atoms with Crippen LogP contribution in [-0.2, 0) is 6.54 Å². The number of aryl methyl sites for hydroxylation is 1. The molecule has 1 heterocycles. The van der Waals surface area contributed by atoms with E-state index >= 15 is 0 Å². The quantitative estimate of drug-likeness (QED) is 0.868. The number of anilines is 1. The molecule has 5 nitrogen and oxygen atoms in total. The highest BCUT2D eigenvalue weighted by Crippen LogP contribution is 2.53. The van der Waals surface area contributed by atoms with Crippen LogP contribution >= 0.6 is 0 Å². The number of aromatic nitrogens is 4. The van der Waals surface area contributed by atoms with E-state index in [1.807, 2.05) is 29.8 Å². The van der Waals surface area contributed by atoms with Gasteiger partial charge in [-0.15, -0.1) is 5.10 Å². The van der Waals surface area contributed by atoms with Gasteiger partial charge in [0.25, 0.3) is 0 Å². The van der Waals surface area contributed by atoms with Crippen LogP contribution in [0, 0.1) is 18.3 Å². The number of benzene rings is 1. The molecule has 1 saturated carbocycles. The van der Waals surface area contributed by atoms with Crippen LogP contribution in [0.15, 0.2) is 18.2 Å². The third-order valence-corrected chi connectivity index (χ3v) is 4.64. The lowest BCUT2D eigenvalue weighted by atomic mass is 9.92. The molecule has 0 spiro atoms. The maximum atomic E-state index is 5.87. The molecule has 1 aliphatic carbocycles. The normalized spacial score (nSPS) is 16.6. The van der Waals surface area contributed by atoms with Gasteiger partial charge in [0, 0.05) is 11.3 Å². The van der Waals surface area contributed by atoms with Crippen molar-refractivity contribution in [1.82, 2.24) is 20.2 Å². The lowest BCUT2D eigenvalue weighted by molar-refractivity contribution is 0.294. The zero-order chi connectivity index (χ0) is 14.3.